The molecule has 0 fully saturated rings. The minimum atomic E-state index is -0.805. The lowest BCUT2D eigenvalue weighted by Gasteiger charge is -2.17. The number of rotatable bonds is 3. The Bertz CT molecular complexity index is 856. The van der Waals surface area contributed by atoms with Crippen LogP contribution >= 0.6 is 11.6 Å². The third-order valence-corrected chi connectivity index (χ3v) is 3.70. The Balaban J connectivity index is 2.04. The lowest BCUT2D eigenvalue weighted by Crippen LogP contribution is -2.22. The third-order valence-electron chi connectivity index (χ3n) is 3.36. The van der Waals surface area contributed by atoms with Crippen LogP contribution in [0.15, 0.2) is 41.5 Å². The molecule has 0 radical (unpaired) electrons. The topological polar surface area (TPSA) is 72.4 Å². The number of benzene rings is 1. The highest BCUT2D eigenvalue weighted by molar-refractivity contribution is 6.31. The van der Waals surface area contributed by atoms with E-state index in [9.17, 15) is 9.90 Å². The van der Waals surface area contributed by atoms with Crippen LogP contribution in [0.5, 0.6) is 0 Å². The number of nitrogens with zero attached hydrogens (tertiary/aromatic N) is 4. The fourth-order valence-corrected chi connectivity index (χ4v) is 2.55. The zero-order valence-electron chi connectivity index (χ0n) is 11.3. The number of aliphatic hydroxyl groups excluding tert-OH is 1. The predicted molar refractivity (Wildman–Crippen MR) is 78.4 cm³/mol. The van der Waals surface area contributed by atoms with Crippen LogP contribution in [0.2, 0.25) is 5.02 Å². The molecule has 0 aliphatic rings. The minimum Gasteiger partial charge on any atom is -0.386 e. The van der Waals surface area contributed by atoms with Crippen molar-refractivity contribution in [3.8, 4) is 0 Å². The van der Waals surface area contributed by atoms with Crippen molar-refractivity contribution in [1.29, 1.82) is 0 Å². The molecular formula is C14H13ClN4O2. The Morgan fingerprint density at radius 1 is 1.38 bits per heavy atom. The normalized spacial score (nSPS) is 12.7. The maximum Gasteiger partial charge on any atom is 0.275 e. The van der Waals surface area contributed by atoms with E-state index >= 15 is 0 Å². The van der Waals surface area contributed by atoms with Crippen LogP contribution in [0.3, 0.4) is 0 Å². The van der Waals surface area contributed by atoms with Crippen molar-refractivity contribution < 1.29 is 5.11 Å². The average Bonchev–Trinajstić information content (AvgIpc) is 2.93. The van der Waals surface area contributed by atoms with Gasteiger partial charge in [0.15, 0.2) is 0 Å². The standard InChI is InChI=1S/C14H13ClN4O2/c1-9-6-13(21)19-14(16-8-17-19)18(9)7-12(20)10-4-2-3-5-11(10)15/h2-6,8,12,20H,7H2,1H3/t12-/m0/s1. The van der Waals surface area contributed by atoms with Crippen LogP contribution in [-0.4, -0.2) is 24.3 Å². The van der Waals surface area contributed by atoms with Gasteiger partial charge in [0, 0.05) is 22.3 Å². The maximum atomic E-state index is 11.8. The second-order valence-electron chi connectivity index (χ2n) is 4.74. The van der Waals surface area contributed by atoms with Gasteiger partial charge in [0.1, 0.15) is 6.33 Å². The molecule has 3 aromatic rings. The summed E-state index contributed by atoms with van der Waals surface area (Å²) >= 11 is 6.10. The molecule has 0 aliphatic heterocycles. The first-order valence-electron chi connectivity index (χ1n) is 6.40. The van der Waals surface area contributed by atoms with E-state index in [0.717, 1.165) is 0 Å². The molecule has 7 heteroatoms. The van der Waals surface area contributed by atoms with E-state index < -0.39 is 6.10 Å². The zero-order valence-corrected chi connectivity index (χ0v) is 12.0. The quantitative estimate of drug-likeness (QED) is 0.797. The third kappa shape index (κ3) is 2.43. The summed E-state index contributed by atoms with van der Waals surface area (Å²) in [5.74, 6) is 0.395. The van der Waals surface area contributed by atoms with Crippen molar-refractivity contribution in [3.63, 3.8) is 0 Å². The fraction of sp³-hybridized carbons (Fsp3) is 0.214. The summed E-state index contributed by atoms with van der Waals surface area (Å²) in [6.07, 6.45) is 0.509. The maximum absolute atomic E-state index is 11.8. The van der Waals surface area contributed by atoms with Crippen molar-refractivity contribution in [1.82, 2.24) is 19.2 Å². The van der Waals surface area contributed by atoms with Crippen molar-refractivity contribution >= 4 is 17.4 Å². The number of hydrogen-bond donors (Lipinski definition) is 1. The number of aliphatic hydroxyl groups is 1. The van der Waals surface area contributed by atoms with Gasteiger partial charge in [0.05, 0.1) is 12.6 Å². The van der Waals surface area contributed by atoms with Gasteiger partial charge in [-0.15, -0.1) is 0 Å². The monoisotopic (exact) mass is 304 g/mol. The second-order valence-corrected chi connectivity index (χ2v) is 5.15. The number of aromatic nitrogens is 4. The van der Waals surface area contributed by atoms with Crippen LogP contribution in [-0.2, 0) is 6.54 Å². The summed E-state index contributed by atoms with van der Waals surface area (Å²) in [6.45, 7) is 2.02. The summed E-state index contributed by atoms with van der Waals surface area (Å²) in [6, 6.07) is 8.58. The van der Waals surface area contributed by atoms with E-state index in [0.29, 0.717) is 22.1 Å². The molecule has 0 aliphatic carbocycles. The second kappa shape index (κ2) is 5.31. The molecule has 1 atom stereocenters. The van der Waals surface area contributed by atoms with Crippen molar-refractivity contribution in [3.05, 3.63) is 63.3 Å². The number of hydrogen-bond acceptors (Lipinski definition) is 4. The molecule has 0 amide bonds. The van der Waals surface area contributed by atoms with Crippen LogP contribution in [0.1, 0.15) is 17.4 Å². The molecule has 6 nitrogen and oxygen atoms in total. The van der Waals surface area contributed by atoms with Gasteiger partial charge >= 0.3 is 0 Å². The van der Waals surface area contributed by atoms with E-state index in [2.05, 4.69) is 10.1 Å². The fourth-order valence-electron chi connectivity index (χ4n) is 2.29. The number of aryl methyl sites for hydroxylation is 1. The molecule has 0 saturated carbocycles. The lowest BCUT2D eigenvalue weighted by molar-refractivity contribution is 0.156. The van der Waals surface area contributed by atoms with Crippen molar-refractivity contribution in [2.24, 2.45) is 0 Å². The molecule has 0 saturated heterocycles. The van der Waals surface area contributed by atoms with E-state index in [1.54, 1.807) is 29.7 Å². The molecular weight excluding hydrogens is 292 g/mol. The molecule has 108 valence electrons. The van der Waals surface area contributed by atoms with E-state index in [1.165, 1.54) is 16.9 Å². The Morgan fingerprint density at radius 2 is 2.14 bits per heavy atom. The molecule has 0 spiro atoms. The average molecular weight is 305 g/mol. The Kier molecular flexibility index (Phi) is 3.48. The molecule has 2 aromatic heterocycles. The van der Waals surface area contributed by atoms with E-state index in [1.807, 2.05) is 6.07 Å². The first-order chi connectivity index (χ1) is 10.1. The van der Waals surface area contributed by atoms with Crippen LogP contribution in [0.25, 0.3) is 5.78 Å². The van der Waals surface area contributed by atoms with Gasteiger partial charge in [0.25, 0.3) is 5.56 Å². The van der Waals surface area contributed by atoms with E-state index in [-0.39, 0.29) is 12.1 Å². The summed E-state index contributed by atoms with van der Waals surface area (Å²) in [5.41, 5.74) is 1.09. The first kappa shape index (κ1) is 13.8. The van der Waals surface area contributed by atoms with Crippen molar-refractivity contribution in [2.75, 3.05) is 0 Å². The van der Waals surface area contributed by atoms with Gasteiger partial charge in [-0.05, 0) is 13.0 Å². The summed E-state index contributed by atoms with van der Waals surface area (Å²) < 4.78 is 2.94. The number of fused-ring (bicyclic) bond motifs is 1. The highest BCUT2D eigenvalue weighted by atomic mass is 35.5. The van der Waals surface area contributed by atoms with Gasteiger partial charge in [-0.1, -0.05) is 29.8 Å². The summed E-state index contributed by atoms with van der Waals surface area (Å²) in [5, 5.41) is 14.8. The molecule has 1 aromatic carbocycles. The molecule has 2 heterocycles. The van der Waals surface area contributed by atoms with Gasteiger partial charge in [-0.25, -0.2) is 0 Å². The van der Waals surface area contributed by atoms with Gasteiger partial charge in [-0.3, -0.25) is 4.79 Å². The van der Waals surface area contributed by atoms with Crippen molar-refractivity contribution in [2.45, 2.75) is 19.6 Å². The SMILES string of the molecule is Cc1cc(=O)n2ncnc2n1C[C@H](O)c1ccccc1Cl. The smallest absolute Gasteiger partial charge is 0.275 e. The van der Waals surface area contributed by atoms with Gasteiger partial charge in [-0.2, -0.15) is 14.6 Å². The zero-order chi connectivity index (χ0) is 15.0. The summed E-state index contributed by atoms with van der Waals surface area (Å²) in [7, 11) is 0. The Hall–Kier alpha value is -2.18. The molecule has 3 rings (SSSR count). The summed E-state index contributed by atoms with van der Waals surface area (Å²) in [4.78, 5) is 15.9. The molecule has 0 bridgehead atoms. The lowest BCUT2D eigenvalue weighted by atomic mass is 10.1. The van der Waals surface area contributed by atoms with Crippen LogP contribution in [0.4, 0.5) is 0 Å². The molecule has 1 N–H and O–H groups in total. The number of halogens is 1. The Labute approximate surface area is 125 Å². The van der Waals surface area contributed by atoms with E-state index in [4.69, 9.17) is 11.6 Å². The largest absolute Gasteiger partial charge is 0.386 e. The van der Waals surface area contributed by atoms with Crippen LogP contribution < -0.4 is 5.56 Å². The van der Waals surface area contributed by atoms with Gasteiger partial charge < -0.3 is 9.67 Å². The Morgan fingerprint density at radius 3 is 2.90 bits per heavy atom. The predicted octanol–water partition coefficient (Wildman–Crippen LogP) is 1.59. The van der Waals surface area contributed by atoms with Gasteiger partial charge in [0.2, 0.25) is 5.78 Å². The highest BCUT2D eigenvalue weighted by Gasteiger charge is 2.15. The first-order valence-corrected chi connectivity index (χ1v) is 6.78. The molecule has 21 heavy (non-hydrogen) atoms. The minimum absolute atomic E-state index is 0.234. The highest BCUT2D eigenvalue weighted by Crippen LogP contribution is 2.24. The molecule has 0 unspecified atom stereocenters. The van der Waals surface area contributed by atoms with Crippen LogP contribution in [0, 0.1) is 6.92 Å².